The van der Waals surface area contributed by atoms with Gasteiger partial charge in [0.15, 0.2) is 0 Å². The van der Waals surface area contributed by atoms with Crippen molar-refractivity contribution in [3.8, 4) is 0 Å². The number of ether oxygens (including phenoxy) is 2. The topological polar surface area (TPSA) is 31.0 Å². The average molecular weight is 413 g/mol. The summed E-state index contributed by atoms with van der Waals surface area (Å²) in [7, 11) is -0.650. The highest BCUT2D eigenvalue weighted by Gasteiger charge is 2.50. The van der Waals surface area contributed by atoms with Crippen molar-refractivity contribution in [2.45, 2.75) is 57.8 Å². The second-order valence-corrected chi connectivity index (χ2v) is 13.7. The molecule has 3 nitrogen and oxygen atoms in total. The van der Waals surface area contributed by atoms with Gasteiger partial charge in [-0.2, -0.15) is 0 Å². The summed E-state index contributed by atoms with van der Waals surface area (Å²) >= 11 is 0. The summed E-state index contributed by atoms with van der Waals surface area (Å²) in [4.78, 5) is 0. The van der Waals surface area contributed by atoms with Crippen LogP contribution in [-0.2, 0) is 13.9 Å². The van der Waals surface area contributed by atoms with Gasteiger partial charge in [-0.05, 0) is 27.8 Å². The van der Waals surface area contributed by atoms with E-state index in [4.69, 9.17) is 13.9 Å². The van der Waals surface area contributed by atoms with Gasteiger partial charge < -0.3 is 13.9 Å². The van der Waals surface area contributed by atoms with Gasteiger partial charge in [-0.25, -0.2) is 0 Å². The fraction of sp³-hybridized carbons (Fsp3) is 0.520. The Kier molecular flexibility index (Phi) is 7.33. The van der Waals surface area contributed by atoms with Crippen molar-refractivity contribution in [1.82, 2.24) is 0 Å². The number of rotatable bonds is 10. The minimum absolute atomic E-state index is 0.0118. The third kappa shape index (κ3) is 5.37. The lowest BCUT2D eigenvalue weighted by atomic mass is 10.0. The molecule has 1 saturated heterocycles. The van der Waals surface area contributed by atoms with E-state index in [9.17, 15) is 0 Å². The second kappa shape index (κ2) is 9.56. The lowest BCUT2D eigenvalue weighted by Gasteiger charge is -2.43. The maximum atomic E-state index is 7.05. The van der Waals surface area contributed by atoms with Gasteiger partial charge in [0.05, 0.1) is 18.8 Å². The highest BCUT2D eigenvalue weighted by atomic mass is 28.4. The Morgan fingerprint density at radius 1 is 1.00 bits per heavy atom. The average Bonchev–Trinajstić information content (AvgIpc) is 3.52. The molecule has 0 radical (unpaired) electrons. The first kappa shape index (κ1) is 22.2. The smallest absolute Gasteiger partial charge is 0.261 e. The number of epoxide rings is 1. The van der Waals surface area contributed by atoms with E-state index in [0.29, 0.717) is 12.0 Å². The van der Waals surface area contributed by atoms with Gasteiger partial charge in [0.1, 0.15) is 0 Å². The van der Waals surface area contributed by atoms with Gasteiger partial charge >= 0.3 is 0 Å². The van der Waals surface area contributed by atoms with Crippen LogP contribution in [0.25, 0.3) is 0 Å². The van der Waals surface area contributed by atoms with Crippen LogP contribution >= 0.6 is 0 Å². The molecule has 158 valence electrons. The highest BCUT2D eigenvalue weighted by Crippen LogP contribution is 2.37. The molecule has 1 unspecified atom stereocenters. The van der Waals surface area contributed by atoms with Crippen molar-refractivity contribution in [1.29, 1.82) is 0 Å². The van der Waals surface area contributed by atoms with E-state index in [1.807, 2.05) is 7.11 Å². The van der Waals surface area contributed by atoms with Gasteiger partial charge in [0, 0.05) is 20.1 Å². The van der Waals surface area contributed by atoms with E-state index in [2.05, 4.69) is 88.4 Å². The van der Waals surface area contributed by atoms with Gasteiger partial charge in [-0.1, -0.05) is 88.4 Å². The summed E-state index contributed by atoms with van der Waals surface area (Å²) < 4.78 is 18.2. The van der Waals surface area contributed by atoms with Gasteiger partial charge in [0.25, 0.3) is 8.32 Å². The molecule has 2 aromatic carbocycles. The highest BCUT2D eigenvalue weighted by molar-refractivity contribution is 6.99. The summed E-state index contributed by atoms with van der Waals surface area (Å²) in [6.07, 6.45) is 2.61. The molecule has 3 atom stereocenters. The van der Waals surface area contributed by atoms with Crippen LogP contribution in [0.4, 0.5) is 0 Å². The van der Waals surface area contributed by atoms with E-state index < -0.39 is 8.32 Å². The standard InChI is InChI=1S/C25H36O3Si/c1-20(16-21(26-5)17-22-19-27-22)18-28-29(25(2,3)4,23-12-8-6-9-13-23)24-14-10-7-11-15-24/h6-15,20-22H,16-19H2,1-5H3/t20-,21-,22?/m0/s1. The molecule has 0 saturated carbocycles. The summed E-state index contributed by atoms with van der Waals surface area (Å²) in [5, 5.41) is 2.68. The Morgan fingerprint density at radius 2 is 1.52 bits per heavy atom. The van der Waals surface area contributed by atoms with Crippen LogP contribution in [0.15, 0.2) is 60.7 Å². The fourth-order valence-corrected chi connectivity index (χ4v) is 9.02. The SMILES string of the molecule is CO[C@H](CC1CO1)C[C@H](C)CO[Si](c1ccccc1)(c1ccccc1)C(C)(C)C. The number of hydrogen-bond acceptors (Lipinski definition) is 3. The molecule has 0 N–H and O–H groups in total. The van der Waals surface area contributed by atoms with E-state index in [1.165, 1.54) is 10.4 Å². The lowest BCUT2D eigenvalue weighted by molar-refractivity contribution is 0.0604. The zero-order chi connectivity index (χ0) is 20.9. The second-order valence-electron chi connectivity index (χ2n) is 9.36. The fourth-order valence-electron chi connectivity index (χ4n) is 4.33. The van der Waals surface area contributed by atoms with Crippen LogP contribution in [0, 0.1) is 5.92 Å². The van der Waals surface area contributed by atoms with E-state index in [-0.39, 0.29) is 11.1 Å². The van der Waals surface area contributed by atoms with Crippen LogP contribution in [-0.4, -0.2) is 40.8 Å². The maximum Gasteiger partial charge on any atom is 0.261 e. The Balaban J connectivity index is 1.85. The first-order valence-corrected chi connectivity index (χ1v) is 12.7. The molecule has 29 heavy (non-hydrogen) atoms. The predicted molar refractivity (Wildman–Crippen MR) is 123 cm³/mol. The largest absolute Gasteiger partial charge is 0.407 e. The molecule has 1 fully saturated rings. The van der Waals surface area contributed by atoms with E-state index >= 15 is 0 Å². The zero-order valence-corrected chi connectivity index (χ0v) is 19.6. The Labute approximate surface area is 177 Å². The quantitative estimate of drug-likeness (QED) is 0.428. The molecule has 0 aromatic heterocycles. The lowest BCUT2D eigenvalue weighted by Crippen LogP contribution is -2.66. The molecule has 2 aromatic rings. The van der Waals surface area contributed by atoms with Crippen LogP contribution in [0.3, 0.4) is 0 Å². The molecule has 3 rings (SSSR count). The van der Waals surface area contributed by atoms with E-state index in [0.717, 1.165) is 26.1 Å². The third-order valence-electron chi connectivity index (χ3n) is 5.93. The van der Waals surface area contributed by atoms with Gasteiger partial charge in [-0.3, -0.25) is 0 Å². The zero-order valence-electron chi connectivity index (χ0n) is 18.6. The molecule has 1 aliphatic rings. The van der Waals surface area contributed by atoms with Crippen molar-refractivity contribution >= 4 is 18.7 Å². The van der Waals surface area contributed by atoms with Crippen LogP contribution in [0.5, 0.6) is 0 Å². The van der Waals surface area contributed by atoms with Crippen molar-refractivity contribution < 1.29 is 13.9 Å². The predicted octanol–water partition coefficient (Wildman–Crippen LogP) is 4.39. The first-order valence-electron chi connectivity index (χ1n) is 10.8. The number of methoxy groups -OCH3 is 1. The van der Waals surface area contributed by atoms with E-state index in [1.54, 1.807) is 0 Å². The third-order valence-corrected chi connectivity index (χ3v) is 10.9. The minimum Gasteiger partial charge on any atom is -0.407 e. The molecule has 1 aliphatic heterocycles. The van der Waals surface area contributed by atoms with Crippen LogP contribution < -0.4 is 10.4 Å². The van der Waals surface area contributed by atoms with Crippen molar-refractivity contribution in [3.63, 3.8) is 0 Å². The Bertz CT molecular complexity index is 698. The summed E-state index contributed by atoms with van der Waals surface area (Å²) in [5.41, 5.74) is 0. The Hall–Kier alpha value is -1.46. The molecule has 0 aliphatic carbocycles. The maximum absolute atomic E-state index is 7.05. The molecule has 0 amide bonds. The number of hydrogen-bond donors (Lipinski definition) is 0. The van der Waals surface area contributed by atoms with Gasteiger partial charge in [-0.15, -0.1) is 0 Å². The Morgan fingerprint density at radius 3 is 1.93 bits per heavy atom. The summed E-state index contributed by atoms with van der Waals surface area (Å²) in [6, 6.07) is 21.7. The molecular weight excluding hydrogens is 376 g/mol. The van der Waals surface area contributed by atoms with Gasteiger partial charge in [0.2, 0.25) is 0 Å². The normalized spacial score (nSPS) is 19.0. The minimum atomic E-state index is -2.46. The van der Waals surface area contributed by atoms with Crippen molar-refractivity contribution in [2.75, 3.05) is 20.3 Å². The summed E-state index contributed by atoms with van der Waals surface area (Å²) in [5.74, 6) is 0.417. The molecular formula is C25H36O3Si. The molecule has 4 heteroatoms. The first-order chi connectivity index (χ1) is 13.9. The van der Waals surface area contributed by atoms with Crippen molar-refractivity contribution in [2.24, 2.45) is 5.92 Å². The van der Waals surface area contributed by atoms with Crippen LogP contribution in [0.2, 0.25) is 5.04 Å². The monoisotopic (exact) mass is 412 g/mol. The molecule has 0 spiro atoms. The van der Waals surface area contributed by atoms with Crippen molar-refractivity contribution in [3.05, 3.63) is 60.7 Å². The van der Waals surface area contributed by atoms with Crippen LogP contribution in [0.1, 0.15) is 40.5 Å². The number of benzene rings is 2. The summed E-state index contributed by atoms with van der Waals surface area (Å²) in [6.45, 7) is 10.9. The molecule has 1 heterocycles. The molecule has 0 bridgehead atoms.